The van der Waals surface area contributed by atoms with E-state index >= 15 is 0 Å². The summed E-state index contributed by atoms with van der Waals surface area (Å²) in [4.78, 5) is 23.4. The Balaban J connectivity index is 1.46. The molecule has 0 bridgehead atoms. The van der Waals surface area contributed by atoms with Gasteiger partial charge in [0.2, 0.25) is 5.89 Å². The van der Waals surface area contributed by atoms with Crippen LogP contribution >= 0.6 is 0 Å². The summed E-state index contributed by atoms with van der Waals surface area (Å²) in [6.07, 6.45) is 1.45. The number of likely N-dealkylation sites (N-methyl/N-ethyl adjacent to an activating group) is 1. The summed E-state index contributed by atoms with van der Waals surface area (Å²) in [6, 6.07) is 16.6. The van der Waals surface area contributed by atoms with Gasteiger partial charge >= 0.3 is 0 Å². The molecule has 162 valence electrons. The number of amides is 1. The van der Waals surface area contributed by atoms with E-state index in [4.69, 9.17) is 4.42 Å². The van der Waals surface area contributed by atoms with Gasteiger partial charge in [-0.2, -0.15) is 0 Å². The lowest BCUT2D eigenvalue weighted by Crippen LogP contribution is -2.47. The molecule has 1 amide bonds. The maximum absolute atomic E-state index is 13.3. The number of hydrogen-bond acceptors (Lipinski definition) is 5. The molecule has 0 saturated carbocycles. The van der Waals surface area contributed by atoms with Crippen molar-refractivity contribution in [2.45, 2.75) is 19.6 Å². The third kappa shape index (κ3) is 5.77. The number of carbonyl (C=O) groups excluding carboxylic acids is 1. The fourth-order valence-electron chi connectivity index (χ4n) is 3.70. The molecule has 0 radical (unpaired) electrons. The molecule has 0 spiro atoms. The molecule has 1 aliphatic heterocycles. The quantitative estimate of drug-likeness (QED) is 0.584. The summed E-state index contributed by atoms with van der Waals surface area (Å²) in [5.74, 6) is 0.157. The molecule has 31 heavy (non-hydrogen) atoms. The van der Waals surface area contributed by atoms with Crippen LogP contribution in [0.5, 0.6) is 0 Å². The topological polar surface area (TPSA) is 52.8 Å². The molecule has 2 heterocycles. The van der Waals surface area contributed by atoms with Crippen LogP contribution in [0.4, 0.5) is 4.39 Å². The number of carbonyl (C=O) groups is 1. The molecule has 1 aromatic heterocycles. The van der Waals surface area contributed by atoms with E-state index in [0.717, 1.165) is 24.2 Å². The lowest BCUT2D eigenvalue weighted by Gasteiger charge is -2.31. The summed E-state index contributed by atoms with van der Waals surface area (Å²) in [6.45, 7) is 4.85. The Hall–Kier alpha value is -3.03. The number of rotatable bonds is 7. The van der Waals surface area contributed by atoms with Gasteiger partial charge in [-0.1, -0.05) is 42.5 Å². The Morgan fingerprint density at radius 2 is 1.61 bits per heavy atom. The molecule has 1 aliphatic rings. The number of benzene rings is 2. The van der Waals surface area contributed by atoms with Crippen LogP contribution in [0, 0.1) is 5.82 Å². The molecule has 0 unspecified atom stereocenters. The average molecular weight is 423 g/mol. The highest BCUT2D eigenvalue weighted by Gasteiger charge is 2.23. The van der Waals surface area contributed by atoms with Crippen molar-refractivity contribution in [1.29, 1.82) is 0 Å². The van der Waals surface area contributed by atoms with Crippen LogP contribution in [-0.2, 0) is 19.6 Å². The van der Waals surface area contributed by atoms with Crippen LogP contribution in [-0.4, -0.2) is 58.8 Å². The van der Waals surface area contributed by atoms with Crippen molar-refractivity contribution in [3.8, 4) is 0 Å². The second-order valence-corrected chi connectivity index (χ2v) is 7.98. The number of hydrogen-bond donors (Lipinski definition) is 0. The van der Waals surface area contributed by atoms with E-state index in [1.54, 1.807) is 12.1 Å². The smallest absolute Gasteiger partial charge is 0.275 e. The van der Waals surface area contributed by atoms with Crippen molar-refractivity contribution < 1.29 is 13.6 Å². The largest absolute Gasteiger partial charge is 0.447 e. The molecule has 0 atom stereocenters. The van der Waals surface area contributed by atoms with Gasteiger partial charge in [0.05, 0.1) is 6.54 Å². The van der Waals surface area contributed by atoms with Gasteiger partial charge in [-0.05, 0) is 30.3 Å². The highest BCUT2D eigenvalue weighted by Crippen LogP contribution is 2.16. The Kier molecular flexibility index (Phi) is 6.74. The molecule has 2 aromatic carbocycles. The van der Waals surface area contributed by atoms with Crippen LogP contribution in [0.25, 0.3) is 0 Å². The molecular weight excluding hydrogens is 395 g/mol. The fourth-order valence-corrected chi connectivity index (χ4v) is 3.70. The Morgan fingerprint density at radius 1 is 0.968 bits per heavy atom. The zero-order valence-electron chi connectivity index (χ0n) is 17.7. The average Bonchev–Trinajstić information content (AvgIpc) is 3.24. The molecular formula is C24H27FN4O2. The second kappa shape index (κ2) is 9.85. The lowest BCUT2D eigenvalue weighted by atomic mass is 10.1. The standard InChI is InChI=1S/C24H27FN4O2/c1-27-11-13-29(14-12-27)24(30)22-18-31-23(26-22)17-28(15-19-5-3-2-4-6-19)16-20-7-9-21(25)10-8-20/h2-10,18H,11-17H2,1H3. The van der Waals surface area contributed by atoms with E-state index < -0.39 is 0 Å². The first-order valence-corrected chi connectivity index (χ1v) is 10.5. The van der Waals surface area contributed by atoms with E-state index in [-0.39, 0.29) is 11.7 Å². The molecule has 4 rings (SSSR count). The number of oxazole rings is 1. The lowest BCUT2D eigenvalue weighted by molar-refractivity contribution is 0.0658. The van der Waals surface area contributed by atoms with Gasteiger partial charge in [-0.3, -0.25) is 9.69 Å². The van der Waals surface area contributed by atoms with E-state index in [2.05, 4.69) is 34.0 Å². The highest BCUT2D eigenvalue weighted by molar-refractivity contribution is 5.92. The van der Waals surface area contributed by atoms with Crippen molar-refractivity contribution in [2.24, 2.45) is 0 Å². The van der Waals surface area contributed by atoms with Crippen LogP contribution in [0.1, 0.15) is 27.5 Å². The first-order chi connectivity index (χ1) is 15.1. The summed E-state index contributed by atoms with van der Waals surface area (Å²) in [7, 11) is 2.05. The van der Waals surface area contributed by atoms with Gasteiger partial charge in [0, 0.05) is 39.3 Å². The van der Waals surface area contributed by atoms with Crippen molar-refractivity contribution in [2.75, 3.05) is 33.2 Å². The zero-order chi connectivity index (χ0) is 21.6. The van der Waals surface area contributed by atoms with Crippen molar-refractivity contribution in [1.82, 2.24) is 19.7 Å². The van der Waals surface area contributed by atoms with Crippen LogP contribution in [0.3, 0.4) is 0 Å². The maximum Gasteiger partial charge on any atom is 0.275 e. The third-order valence-electron chi connectivity index (χ3n) is 5.49. The van der Waals surface area contributed by atoms with E-state index in [1.807, 2.05) is 23.1 Å². The zero-order valence-corrected chi connectivity index (χ0v) is 17.7. The molecule has 7 heteroatoms. The summed E-state index contributed by atoms with van der Waals surface area (Å²) < 4.78 is 18.9. The first kappa shape index (κ1) is 21.2. The molecule has 1 fully saturated rings. The van der Waals surface area contributed by atoms with Gasteiger partial charge in [0.1, 0.15) is 12.1 Å². The number of halogens is 1. The maximum atomic E-state index is 13.3. The van der Waals surface area contributed by atoms with E-state index in [9.17, 15) is 9.18 Å². The van der Waals surface area contributed by atoms with Crippen molar-refractivity contribution in [3.63, 3.8) is 0 Å². The monoisotopic (exact) mass is 422 g/mol. The normalized spacial score (nSPS) is 14.9. The minimum absolute atomic E-state index is 0.0868. The number of nitrogens with zero attached hydrogens (tertiary/aromatic N) is 4. The molecule has 3 aromatic rings. The molecule has 1 saturated heterocycles. The van der Waals surface area contributed by atoms with Gasteiger partial charge in [0.15, 0.2) is 5.69 Å². The van der Waals surface area contributed by atoms with Gasteiger partial charge in [-0.15, -0.1) is 0 Å². The van der Waals surface area contributed by atoms with Gasteiger partial charge in [0.25, 0.3) is 5.91 Å². The summed E-state index contributed by atoms with van der Waals surface area (Å²) >= 11 is 0. The first-order valence-electron chi connectivity index (χ1n) is 10.5. The van der Waals surface area contributed by atoms with Gasteiger partial charge < -0.3 is 14.2 Å². The summed E-state index contributed by atoms with van der Waals surface area (Å²) in [5, 5.41) is 0. The van der Waals surface area contributed by atoms with E-state index in [0.29, 0.717) is 44.3 Å². The summed E-state index contributed by atoms with van der Waals surface area (Å²) in [5.41, 5.74) is 2.50. The van der Waals surface area contributed by atoms with Crippen molar-refractivity contribution >= 4 is 5.91 Å². The second-order valence-electron chi connectivity index (χ2n) is 7.98. The Bertz CT molecular complexity index is 982. The van der Waals surface area contributed by atoms with Crippen molar-refractivity contribution in [3.05, 3.63) is 89.4 Å². The Morgan fingerprint density at radius 3 is 2.29 bits per heavy atom. The van der Waals surface area contributed by atoms with Gasteiger partial charge in [-0.25, -0.2) is 9.37 Å². The van der Waals surface area contributed by atoms with Crippen LogP contribution in [0.15, 0.2) is 65.3 Å². The SMILES string of the molecule is CN1CCN(C(=O)c2coc(CN(Cc3ccccc3)Cc3ccc(F)cc3)n2)CC1. The highest BCUT2D eigenvalue weighted by atomic mass is 19.1. The Labute approximate surface area is 181 Å². The predicted octanol–water partition coefficient (Wildman–Crippen LogP) is 3.40. The number of piperazine rings is 1. The van der Waals surface area contributed by atoms with E-state index in [1.165, 1.54) is 18.4 Å². The molecule has 0 aliphatic carbocycles. The molecule has 0 N–H and O–H groups in total. The minimum atomic E-state index is -0.252. The fraction of sp³-hybridized carbons (Fsp3) is 0.333. The third-order valence-corrected chi connectivity index (χ3v) is 5.49. The van der Waals surface area contributed by atoms with Crippen LogP contribution < -0.4 is 0 Å². The predicted molar refractivity (Wildman–Crippen MR) is 116 cm³/mol. The molecule has 6 nitrogen and oxygen atoms in total. The number of aromatic nitrogens is 1. The van der Waals surface area contributed by atoms with Crippen LogP contribution in [0.2, 0.25) is 0 Å². The minimum Gasteiger partial charge on any atom is -0.447 e.